The van der Waals surface area contributed by atoms with E-state index >= 15 is 0 Å². The number of nitrogens with one attached hydrogen (secondary N) is 1. The van der Waals surface area contributed by atoms with Crippen molar-refractivity contribution in [3.63, 3.8) is 0 Å². The van der Waals surface area contributed by atoms with Crippen molar-refractivity contribution in [3.8, 4) is 0 Å². The molecule has 0 aliphatic heterocycles. The summed E-state index contributed by atoms with van der Waals surface area (Å²) in [7, 11) is 0. The number of ether oxygens (including phenoxy) is 1. The van der Waals surface area contributed by atoms with Crippen LogP contribution in [0.5, 0.6) is 0 Å². The summed E-state index contributed by atoms with van der Waals surface area (Å²) in [4.78, 5) is 11.0. The lowest BCUT2D eigenvalue weighted by Crippen LogP contribution is -2.03. The number of esters is 1. The van der Waals surface area contributed by atoms with E-state index in [1.165, 1.54) is 11.3 Å². The molecule has 0 radical (unpaired) electrons. The number of carbonyl (C=O) groups is 1. The second-order valence-corrected chi connectivity index (χ2v) is 6.35. The molecule has 4 nitrogen and oxygen atoms in total. The number of nitrogens with zero attached hydrogens (tertiary/aromatic N) is 1. The molecule has 1 aromatic rings. The van der Waals surface area contributed by atoms with Crippen molar-refractivity contribution in [3.05, 3.63) is 3.95 Å². The van der Waals surface area contributed by atoms with E-state index in [1.54, 1.807) is 11.8 Å². The van der Waals surface area contributed by atoms with Crippen molar-refractivity contribution in [1.29, 1.82) is 0 Å². The van der Waals surface area contributed by atoms with Gasteiger partial charge in [-0.15, -0.1) is 0 Å². The maximum atomic E-state index is 11.0. The van der Waals surface area contributed by atoms with E-state index in [2.05, 4.69) is 10.2 Å². The fraction of sp³-hybridized carbons (Fsp3) is 0.700. The summed E-state index contributed by atoms with van der Waals surface area (Å²) in [5.41, 5.74) is 0. The van der Waals surface area contributed by atoms with Gasteiger partial charge < -0.3 is 4.74 Å². The summed E-state index contributed by atoms with van der Waals surface area (Å²) in [6, 6.07) is 0. The minimum Gasteiger partial charge on any atom is -0.466 e. The Kier molecular flexibility index (Phi) is 7.46. The van der Waals surface area contributed by atoms with Crippen LogP contribution in [0.2, 0.25) is 0 Å². The minimum absolute atomic E-state index is 0.0922. The number of aromatic amines is 1. The van der Waals surface area contributed by atoms with Crippen LogP contribution in [0.4, 0.5) is 0 Å². The molecule has 0 aliphatic rings. The smallest absolute Gasteiger partial charge is 0.305 e. The third-order valence-corrected chi connectivity index (χ3v) is 4.29. The molecule has 0 aromatic carbocycles. The number of rotatable bonds is 8. The van der Waals surface area contributed by atoms with Gasteiger partial charge in [0.05, 0.1) is 6.61 Å². The average molecular weight is 292 g/mol. The highest BCUT2D eigenvalue weighted by molar-refractivity contribution is 8.01. The summed E-state index contributed by atoms with van der Waals surface area (Å²) >= 11 is 8.15. The summed E-state index contributed by atoms with van der Waals surface area (Å²) < 4.78 is 6.56. The average Bonchev–Trinajstić information content (AvgIpc) is 2.70. The number of thioether (sulfide) groups is 1. The number of hydrogen-bond acceptors (Lipinski definition) is 6. The van der Waals surface area contributed by atoms with E-state index in [0.29, 0.717) is 13.0 Å². The molecule has 0 bridgehead atoms. The van der Waals surface area contributed by atoms with Crippen LogP contribution in [0, 0.1) is 3.95 Å². The summed E-state index contributed by atoms with van der Waals surface area (Å²) in [6.45, 7) is 2.30. The predicted octanol–water partition coefficient (Wildman–Crippen LogP) is 3.42. The number of aromatic nitrogens is 2. The first-order valence-corrected chi connectivity index (χ1v) is 7.77. The Morgan fingerprint density at radius 1 is 1.53 bits per heavy atom. The molecule has 1 N–H and O–H groups in total. The molecule has 96 valence electrons. The number of hydrogen-bond donors (Lipinski definition) is 1. The fourth-order valence-corrected chi connectivity index (χ4v) is 3.37. The van der Waals surface area contributed by atoms with E-state index in [-0.39, 0.29) is 5.97 Å². The SMILES string of the molecule is CCOC(=O)CCCCCSc1n[nH]c(=S)s1. The summed E-state index contributed by atoms with van der Waals surface area (Å²) in [6.07, 6.45) is 3.55. The van der Waals surface area contributed by atoms with Gasteiger partial charge in [-0.3, -0.25) is 9.89 Å². The van der Waals surface area contributed by atoms with Crippen LogP contribution in [0.15, 0.2) is 4.34 Å². The van der Waals surface area contributed by atoms with Gasteiger partial charge in [0.15, 0.2) is 8.29 Å². The molecular weight excluding hydrogens is 276 g/mol. The molecule has 0 atom stereocenters. The van der Waals surface area contributed by atoms with Crippen molar-refractivity contribution in [2.75, 3.05) is 12.4 Å². The summed E-state index contributed by atoms with van der Waals surface area (Å²) in [5, 5.41) is 6.82. The second kappa shape index (κ2) is 8.66. The molecule has 1 aromatic heterocycles. The van der Waals surface area contributed by atoms with E-state index in [1.807, 2.05) is 6.92 Å². The normalized spacial score (nSPS) is 10.4. The van der Waals surface area contributed by atoms with Gasteiger partial charge in [0, 0.05) is 12.2 Å². The molecule has 0 saturated carbocycles. The van der Waals surface area contributed by atoms with E-state index in [9.17, 15) is 4.79 Å². The highest BCUT2D eigenvalue weighted by Crippen LogP contribution is 2.21. The van der Waals surface area contributed by atoms with Crippen LogP contribution in [-0.4, -0.2) is 28.5 Å². The third kappa shape index (κ3) is 6.80. The molecule has 7 heteroatoms. The van der Waals surface area contributed by atoms with Crippen LogP contribution in [-0.2, 0) is 9.53 Å². The monoisotopic (exact) mass is 292 g/mol. The minimum atomic E-state index is -0.0922. The van der Waals surface area contributed by atoms with Gasteiger partial charge in [-0.25, -0.2) is 0 Å². The Hall–Kier alpha value is -0.400. The Labute approximate surface area is 114 Å². The molecule has 17 heavy (non-hydrogen) atoms. The van der Waals surface area contributed by atoms with Gasteiger partial charge in [-0.1, -0.05) is 29.5 Å². The largest absolute Gasteiger partial charge is 0.466 e. The quantitative estimate of drug-likeness (QED) is 0.344. The van der Waals surface area contributed by atoms with Crippen molar-refractivity contribution >= 4 is 41.3 Å². The van der Waals surface area contributed by atoms with Gasteiger partial charge in [-0.2, -0.15) is 5.10 Å². The van der Waals surface area contributed by atoms with Crippen molar-refractivity contribution in [2.45, 2.75) is 36.9 Å². The van der Waals surface area contributed by atoms with Crippen LogP contribution >= 0.6 is 35.3 Å². The van der Waals surface area contributed by atoms with Crippen LogP contribution in [0.25, 0.3) is 0 Å². The van der Waals surface area contributed by atoms with Gasteiger partial charge in [0.25, 0.3) is 0 Å². The molecule has 1 rings (SSSR count). The molecule has 0 saturated heterocycles. The van der Waals surface area contributed by atoms with E-state index < -0.39 is 0 Å². The topological polar surface area (TPSA) is 55.0 Å². The van der Waals surface area contributed by atoms with Crippen molar-refractivity contribution in [2.24, 2.45) is 0 Å². The molecule has 0 unspecified atom stereocenters. The standard InChI is InChI=1S/C10H16N2O2S3/c1-2-14-8(13)6-4-3-5-7-16-10-12-11-9(15)17-10/h2-7H2,1H3,(H,11,15). The Morgan fingerprint density at radius 3 is 3.00 bits per heavy atom. The van der Waals surface area contributed by atoms with Crippen LogP contribution < -0.4 is 0 Å². The lowest BCUT2D eigenvalue weighted by Gasteiger charge is -2.01. The van der Waals surface area contributed by atoms with Crippen LogP contribution in [0.3, 0.4) is 0 Å². The zero-order valence-electron chi connectivity index (χ0n) is 9.73. The first-order chi connectivity index (χ1) is 8.22. The Bertz CT molecular complexity index is 389. The van der Waals surface area contributed by atoms with Gasteiger partial charge in [0.2, 0.25) is 0 Å². The second-order valence-electron chi connectivity index (χ2n) is 3.34. The van der Waals surface area contributed by atoms with Crippen molar-refractivity contribution in [1.82, 2.24) is 10.2 Å². The zero-order valence-corrected chi connectivity index (χ0v) is 12.2. The first-order valence-electron chi connectivity index (χ1n) is 5.56. The number of unbranched alkanes of at least 4 members (excludes halogenated alkanes) is 2. The third-order valence-electron chi connectivity index (χ3n) is 1.97. The Balaban J connectivity index is 1.98. The summed E-state index contributed by atoms with van der Waals surface area (Å²) in [5.74, 6) is 0.921. The maximum absolute atomic E-state index is 11.0. The molecule has 0 spiro atoms. The number of carbonyl (C=O) groups excluding carboxylic acids is 1. The Morgan fingerprint density at radius 2 is 2.35 bits per heavy atom. The van der Waals surface area contributed by atoms with Crippen LogP contribution in [0.1, 0.15) is 32.6 Å². The zero-order chi connectivity index (χ0) is 12.5. The lowest BCUT2D eigenvalue weighted by atomic mass is 10.2. The maximum Gasteiger partial charge on any atom is 0.305 e. The van der Waals surface area contributed by atoms with Gasteiger partial charge in [-0.05, 0) is 32.0 Å². The van der Waals surface area contributed by atoms with E-state index in [0.717, 1.165) is 33.3 Å². The molecule has 0 aliphatic carbocycles. The fourth-order valence-electron chi connectivity index (χ4n) is 1.22. The highest BCUT2D eigenvalue weighted by Gasteiger charge is 2.01. The first kappa shape index (κ1) is 14.7. The lowest BCUT2D eigenvalue weighted by molar-refractivity contribution is -0.143. The van der Waals surface area contributed by atoms with E-state index in [4.69, 9.17) is 17.0 Å². The van der Waals surface area contributed by atoms with Crippen molar-refractivity contribution < 1.29 is 9.53 Å². The molecule has 0 fully saturated rings. The number of H-pyrrole nitrogens is 1. The highest BCUT2D eigenvalue weighted by atomic mass is 32.2. The molecule has 0 amide bonds. The molecular formula is C10H16N2O2S3. The van der Waals surface area contributed by atoms with Gasteiger partial charge in [0.1, 0.15) is 0 Å². The molecule has 1 heterocycles. The van der Waals surface area contributed by atoms with Gasteiger partial charge >= 0.3 is 5.97 Å². The predicted molar refractivity (Wildman–Crippen MR) is 73.1 cm³/mol.